The average Bonchev–Trinajstić information content (AvgIpc) is 3.24. The largest absolute Gasteiger partial charge is 0.390 e. The van der Waals surface area contributed by atoms with E-state index in [9.17, 15) is 5.11 Å². The fraction of sp³-hybridized carbons (Fsp3) is 0.789. The van der Waals surface area contributed by atoms with Gasteiger partial charge in [0.25, 0.3) is 0 Å². The summed E-state index contributed by atoms with van der Waals surface area (Å²) >= 11 is 0. The third kappa shape index (κ3) is 5.81. The molecular formula is C19H36O4Si. The van der Waals surface area contributed by atoms with Gasteiger partial charge in [-0.2, -0.15) is 0 Å². The second-order valence-corrected chi connectivity index (χ2v) is 12.7. The Kier molecular flexibility index (Phi) is 8.88. The van der Waals surface area contributed by atoms with Crippen molar-refractivity contribution in [2.45, 2.75) is 83.4 Å². The van der Waals surface area contributed by atoms with Gasteiger partial charge < -0.3 is 19.3 Å². The van der Waals surface area contributed by atoms with E-state index in [2.05, 4.69) is 37.9 Å². The van der Waals surface area contributed by atoms with Crippen molar-refractivity contribution >= 4 is 8.07 Å². The summed E-state index contributed by atoms with van der Waals surface area (Å²) < 4.78 is 17.2. The van der Waals surface area contributed by atoms with Crippen molar-refractivity contribution < 1.29 is 19.3 Å². The van der Waals surface area contributed by atoms with Gasteiger partial charge in [-0.15, -0.1) is 0 Å². The number of epoxide rings is 1. The Balaban J connectivity index is 2.53. The average molecular weight is 357 g/mol. The zero-order valence-electron chi connectivity index (χ0n) is 16.2. The first-order valence-corrected chi connectivity index (χ1v) is 12.6. The monoisotopic (exact) mass is 356 g/mol. The molecule has 1 saturated heterocycles. The smallest absolute Gasteiger partial charge is 0.154 e. The molecule has 1 N–H and O–H groups in total. The van der Waals surface area contributed by atoms with Gasteiger partial charge in [-0.1, -0.05) is 43.9 Å². The van der Waals surface area contributed by atoms with Gasteiger partial charge in [-0.05, 0) is 40.0 Å². The lowest BCUT2D eigenvalue weighted by Crippen LogP contribution is -2.53. The van der Waals surface area contributed by atoms with Gasteiger partial charge in [-0.3, -0.25) is 0 Å². The topological polar surface area (TPSA) is 51.2 Å². The van der Waals surface area contributed by atoms with Crippen LogP contribution in [0.4, 0.5) is 0 Å². The first-order chi connectivity index (χ1) is 11.3. The van der Waals surface area contributed by atoms with Gasteiger partial charge in [-0.25, -0.2) is 0 Å². The predicted molar refractivity (Wildman–Crippen MR) is 102 cm³/mol. The minimum absolute atomic E-state index is 0.0194. The van der Waals surface area contributed by atoms with E-state index in [0.29, 0.717) is 13.2 Å². The second kappa shape index (κ2) is 9.87. The van der Waals surface area contributed by atoms with Crippen LogP contribution in [0.1, 0.15) is 40.0 Å². The van der Waals surface area contributed by atoms with E-state index in [0.717, 1.165) is 19.3 Å². The van der Waals surface area contributed by atoms with Crippen LogP contribution in [-0.4, -0.2) is 50.1 Å². The molecule has 140 valence electrons. The molecule has 0 radical (unpaired) electrons. The molecule has 1 aliphatic rings. The number of allylic oxidation sites excluding steroid dienone is 4. The summed E-state index contributed by atoms with van der Waals surface area (Å²) in [6.45, 7) is 13.8. The predicted octanol–water partition coefficient (Wildman–Crippen LogP) is 4.06. The third-order valence-electron chi connectivity index (χ3n) is 4.59. The highest BCUT2D eigenvalue weighted by molar-refractivity contribution is 6.80. The van der Waals surface area contributed by atoms with Crippen molar-refractivity contribution in [3.05, 3.63) is 24.3 Å². The summed E-state index contributed by atoms with van der Waals surface area (Å²) in [4.78, 5) is 0. The van der Waals surface area contributed by atoms with Crippen LogP contribution in [0.25, 0.3) is 0 Å². The highest BCUT2D eigenvalue weighted by atomic mass is 28.3. The summed E-state index contributed by atoms with van der Waals surface area (Å²) in [5.41, 5.74) is 0. The Bertz CT molecular complexity index is 416. The van der Waals surface area contributed by atoms with Crippen molar-refractivity contribution in [2.75, 3.05) is 13.2 Å². The normalized spacial score (nSPS) is 27.0. The highest BCUT2D eigenvalue weighted by Crippen LogP contribution is 2.48. The van der Waals surface area contributed by atoms with Crippen LogP contribution >= 0.6 is 0 Å². The molecule has 1 fully saturated rings. The fourth-order valence-corrected chi connectivity index (χ4v) is 5.90. The summed E-state index contributed by atoms with van der Waals surface area (Å²) in [6, 6.07) is 0. The second-order valence-electron chi connectivity index (χ2n) is 7.38. The first-order valence-electron chi connectivity index (χ1n) is 9.14. The van der Waals surface area contributed by atoms with E-state index >= 15 is 0 Å². The van der Waals surface area contributed by atoms with Crippen LogP contribution in [0.5, 0.6) is 0 Å². The van der Waals surface area contributed by atoms with E-state index in [-0.39, 0.29) is 12.4 Å². The molecule has 24 heavy (non-hydrogen) atoms. The standard InChI is InChI=1S/C19H36O4Si/c1-7-9-10-11-12-13-14-17(20)19(24(4,5)6)18(23-19)15-22-16(3)21-8-2/h7,9,11-12,16-18,20H,8,10,13-15H2,1-6H3/b9-7+,12-11+/t16?,17?,18-,19-/m0/s1. The van der Waals surface area contributed by atoms with Crippen LogP contribution in [-0.2, 0) is 14.2 Å². The molecule has 1 rings (SSSR count). The van der Waals surface area contributed by atoms with Crippen LogP contribution in [0.3, 0.4) is 0 Å². The Labute approximate surface area is 148 Å². The van der Waals surface area contributed by atoms with Crippen molar-refractivity contribution in [1.82, 2.24) is 0 Å². The van der Waals surface area contributed by atoms with E-state index in [1.807, 2.05) is 26.8 Å². The van der Waals surface area contributed by atoms with Crippen molar-refractivity contribution in [2.24, 2.45) is 0 Å². The van der Waals surface area contributed by atoms with Gasteiger partial charge in [0.1, 0.15) is 11.3 Å². The van der Waals surface area contributed by atoms with Crippen LogP contribution in [0, 0.1) is 0 Å². The molecule has 0 bridgehead atoms. The van der Waals surface area contributed by atoms with Crippen molar-refractivity contribution in [1.29, 1.82) is 0 Å². The van der Waals surface area contributed by atoms with Gasteiger partial charge in [0.2, 0.25) is 0 Å². The van der Waals surface area contributed by atoms with Crippen molar-refractivity contribution in [3.63, 3.8) is 0 Å². The molecule has 5 heteroatoms. The maximum Gasteiger partial charge on any atom is 0.154 e. The Morgan fingerprint density at radius 2 is 1.92 bits per heavy atom. The number of aliphatic hydroxyl groups excluding tert-OH is 1. The maximum absolute atomic E-state index is 10.8. The van der Waals surface area contributed by atoms with Gasteiger partial charge in [0.15, 0.2) is 6.29 Å². The summed E-state index contributed by atoms with van der Waals surface area (Å²) in [5, 5.41) is 10.4. The molecule has 0 amide bonds. The molecule has 0 saturated carbocycles. The molecule has 1 heterocycles. The lowest BCUT2D eigenvalue weighted by molar-refractivity contribution is -0.129. The lowest BCUT2D eigenvalue weighted by Gasteiger charge is -2.31. The van der Waals surface area contributed by atoms with Gasteiger partial charge in [0.05, 0.1) is 20.8 Å². The lowest BCUT2D eigenvalue weighted by atomic mass is 10.1. The van der Waals surface area contributed by atoms with Crippen LogP contribution < -0.4 is 0 Å². The summed E-state index contributed by atoms with van der Waals surface area (Å²) in [7, 11) is -1.70. The molecule has 0 aromatic heterocycles. The fourth-order valence-electron chi connectivity index (χ4n) is 3.21. The van der Waals surface area contributed by atoms with Crippen LogP contribution in [0.15, 0.2) is 24.3 Å². The number of aliphatic hydroxyl groups is 1. The van der Waals surface area contributed by atoms with Crippen molar-refractivity contribution in [3.8, 4) is 0 Å². The number of ether oxygens (including phenoxy) is 3. The molecule has 1 aliphatic heterocycles. The minimum Gasteiger partial charge on any atom is -0.390 e. The highest BCUT2D eigenvalue weighted by Gasteiger charge is 2.67. The zero-order chi connectivity index (χ0) is 18.2. The Morgan fingerprint density at radius 3 is 2.50 bits per heavy atom. The number of rotatable bonds is 12. The van der Waals surface area contributed by atoms with E-state index in [1.165, 1.54) is 0 Å². The molecular weight excluding hydrogens is 320 g/mol. The van der Waals surface area contributed by atoms with E-state index < -0.39 is 19.4 Å². The van der Waals surface area contributed by atoms with Gasteiger partial charge >= 0.3 is 0 Å². The third-order valence-corrected chi connectivity index (χ3v) is 7.71. The molecule has 0 aromatic carbocycles. The molecule has 4 nitrogen and oxygen atoms in total. The number of hydrogen-bond donors (Lipinski definition) is 1. The Hall–Kier alpha value is -0.463. The molecule has 4 atom stereocenters. The van der Waals surface area contributed by atoms with Crippen LogP contribution in [0.2, 0.25) is 19.6 Å². The summed E-state index contributed by atoms with van der Waals surface area (Å²) in [6.07, 6.45) is 10.3. The molecule has 2 unspecified atom stereocenters. The maximum atomic E-state index is 10.8. The zero-order valence-corrected chi connectivity index (χ0v) is 17.2. The number of hydrogen-bond acceptors (Lipinski definition) is 4. The molecule has 0 aromatic rings. The van der Waals surface area contributed by atoms with E-state index in [4.69, 9.17) is 14.2 Å². The minimum atomic E-state index is -1.70. The van der Waals surface area contributed by atoms with E-state index in [1.54, 1.807) is 0 Å². The molecule has 0 aliphatic carbocycles. The summed E-state index contributed by atoms with van der Waals surface area (Å²) in [5.74, 6) is 0. The van der Waals surface area contributed by atoms with Gasteiger partial charge in [0, 0.05) is 6.61 Å². The molecule has 0 spiro atoms. The SMILES string of the molecule is C/C=C/C/C=C/CCC(O)[C@@]1([Si](C)(C)C)O[C@H]1COC(C)OCC. The first kappa shape index (κ1) is 21.6. The Morgan fingerprint density at radius 1 is 1.21 bits per heavy atom. The quantitative estimate of drug-likeness (QED) is 0.248.